The number of nitrogens with zero attached hydrogens (tertiary/aromatic N) is 6. The van der Waals surface area contributed by atoms with Crippen LogP contribution in [0.5, 0.6) is 5.75 Å². The van der Waals surface area contributed by atoms with E-state index < -0.39 is 37.5 Å². The molecule has 1 amide bonds. The monoisotopic (exact) mass is 598 g/mol. The van der Waals surface area contributed by atoms with E-state index in [0.29, 0.717) is 32.4 Å². The Morgan fingerprint density at radius 3 is 2.46 bits per heavy atom. The van der Waals surface area contributed by atoms with Crippen LogP contribution in [-0.2, 0) is 11.2 Å². The van der Waals surface area contributed by atoms with Gasteiger partial charge in [0, 0.05) is 22.5 Å². The van der Waals surface area contributed by atoms with Crippen molar-refractivity contribution in [3.8, 4) is 22.7 Å². The van der Waals surface area contributed by atoms with Crippen molar-refractivity contribution in [2.75, 3.05) is 18.1 Å². The minimum atomic E-state index is -4.67. The average Bonchev–Trinajstić information content (AvgIpc) is 3.52. The van der Waals surface area contributed by atoms with Gasteiger partial charge in [0.05, 0.1) is 23.9 Å². The third-order valence-corrected chi connectivity index (χ3v) is 6.61. The van der Waals surface area contributed by atoms with Gasteiger partial charge in [-0.25, -0.2) is 9.67 Å². The van der Waals surface area contributed by atoms with Crippen LogP contribution in [0.1, 0.15) is 23.7 Å². The normalized spacial score (nSPS) is 16.0. The Balaban J connectivity index is 1.48. The molecule has 216 valence electrons. The molecular weight excluding hydrogens is 578 g/mol. The maximum atomic E-state index is 13.5. The number of imidazole rings is 1. The number of aryl methyl sites for hydroxylation is 2. The fraction of sp³-hybridized carbons (Fsp3) is 0.308. The summed E-state index contributed by atoms with van der Waals surface area (Å²) in [7, 11) is 0. The van der Waals surface area contributed by atoms with Crippen LogP contribution in [0.2, 0.25) is 5.02 Å². The summed E-state index contributed by atoms with van der Waals surface area (Å²) in [5.41, 5.74) is 2.01. The van der Waals surface area contributed by atoms with Gasteiger partial charge in [0.15, 0.2) is 6.61 Å². The molecule has 2 aromatic heterocycles. The quantitative estimate of drug-likeness (QED) is 0.250. The minimum absolute atomic E-state index is 0.108. The molecule has 0 N–H and O–H groups in total. The maximum Gasteiger partial charge on any atom is 0.422 e. The van der Waals surface area contributed by atoms with E-state index in [1.807, 2.05) is 0 Å². The van der Waals surface area contributed by atoms with E-state index >= 15 is 0 Å². The Labute approximate surface area is 234 Å². The molecule has 0 saturated carbocycles. The lowest BCUT2D eigenvalue weighted by Gasteiger charge is -2.26. The van der Waals surface area contributed by atoms with Gasteiger partial charge >= 0.3 is 12.4 Å². The molecular formula is C26H21ClF6N6O2. The number of aromatic nitrogens is 5. The van der Waals surface area contributed by atoms with Crippen LogP contribution in [0, 0.1) is 6.92 Å². The molecule has 2 aromatic carbocycles. The molecule has 0 saturated heterocycles. The molecule has 1 aliphatic heterocycles. The molecule has 8 nitrogen and oxygen atoms in total. The van der Waals surface area contributed by atoms with Crippen molar-refractivity contribution >= 4 is 23.2 Å². The van der Waals surface area contributed by atoms with Gasteiger partial charge in [-0.1, -0.05) is 22.9 Å². The zero-order valence-electron chi connectivity index (χ0n) is 21.2. The number of anilines is 1. The Bertz CT molecular complexity index is 1580. The third-order valence-electron chi connectivity index (χ3n) is 6.37. The number of carbonyl (C=O) groups excluding carboxylic acids is 1. The van der Waals surface area contributed by atoms with Crippen molar-refractivity contribution in [2.45, 2.75) is 38.2 Å². The van der Waals surface area contributed by atoms with Crippen LogP contribution < -0.4 is 9.64 Å². The van der Waals surface area contributed by atoms with Crippen LogP contribution in [-0.4, -0.2) is 56.0 Å². The van der Waals surface area contributed by atoms with E-state index in [4.69, 9.17) is 16.3 Å². The molecule has 5 rings (SSSR count). The lowest BCUT2D eigenvalue weighted by Crippen LogP contribution is -2.42. The van der Waals surface area contributed by atoms with Crippen LogP contribution in [0.25, 0.3) is 16.9 Å². The van der Waals surface area contributed by atoms with E-state index in [-0.39, 0.29) is 30.0 Å². The van der Waals surface area contributed by atoms with Crippen molar-refractivity contribution in [1.82, 2.24) is 24.5 Å². The first-order chi connectivity index (χ1) is 19.3. The van der Waals surface area contributed by atoms with E-state index in [1.165, 1.54) is 47.4 Å². The highest BCUT2D eigenvalue weighted by molar-refractivity contribution is 6.30. The first-order valence-electron chi connectivity index (χ1n) is 12.2. The van der Waals surface area contributed by atoms with Crippen LogP contribution in [0.3, 0.4) is 0 Å². The summed E-state index contributed by atoms with van der Waals surface area (Å²) >= 11 is 6.05. The van der Waals surface area contributed by atoms with Gasteiger partial charge in [-0.2, -0.15) is 26.3 Å². The Kier molecular flexibility index (Phi) is 7.45. The second kappa shape index (κ2) is 10.7. The zero-order valence-corrected chi connectivity index (χ0v) is 22.0. The van der Waals surface area contributed by atoms with Gasteiger partial charge in [0.25, 0.3) is 5.91 Å². The second-order valence-corrected chi connectivity index (χ2v) is 9.90. The molecule has 1 atom stereocenters. The highest BCUT2D eigenvalue weighted by Crippen LogP contribution is 2.36. The molecule has 3 heterocycles. The number of amides is 1. The first-order valence-corrected chi connectivity index (χ1v) is 12.6. The van der Waals surface area contributed by atoms with Gasteiger partial charge in [0.2, 0.25) is 0 Å². The molecule has 0 spiro atoms. The molecule has 0 aliphatic carbocycles. The van der Waals surface area contributed by atoms with Crippen LogP contribution in [0.4, 0.5) is 32.0 Å². The number of benzene rings is 2. The second-order valence-electron chi connectivity index (χ2n) is 9.46. The lowest BCUT2D eigenvalue weighted by atomic mass is 10.1. The van der Waals surface area contributed by atoms with Gasteiger partial charge in [0.1, 0.15) is 24.0 Å². The predicted molar refractivity (Wildman–Crippen MR) is 136 cm³/mol. The number of rotatable bonds is 6. The molecule has 0 bridgehead atoms. The van der Waals surface area contributed by atoms with Crippen molar-refractivity contribution in [1.29, 1.82) is 0 Å². The molecule has 15 heteroatoms. The number of ether oxygens (including phenoxy) is 1. The number of hydrogen-bond donors (Lipinski definition) is 0. The molecule has 1 aliphatic rings. The van der Waals surface area contributed by atoms with Gasteiger partial charge < -0.3 is 14.2 Å². The number of carbonyl (C=O) groups is 1. The number of halogens is 7. The zero-order chi connectivity index (χ0) is 29.5. The largest absolute Gasteiger partial charge is 0.482 e. The van der Waals surface area contributed by atoms with E-state index in [9.17, 15) is 31.1 Å². The van der Waals surface area contributed by atoms with Crippen molar-refractivity contribution in [2.24, 2.45) is 0 Å². The summed E-state index contributed by atoms with van der Waals surface area (Å²) in [5, 5.41) is 8.36. The summed E-state index contributed by atoms with van der Waals surface area (Å²) in [6, 6.07) is 7.62. The van der Waals surface area contributed by atoms with E-state index in [2.05, 4.69) is 15.3 Å². The topological polar surface area (TPSA) is 78.1 Å². The molecule has 41 heavy (non-hydrogen) atoms. The lowest BCUT2D eigenvalue weighted by molar-refractivity contribution is -0.153. The molecule has 0 fully saturated rings. The Hall–Kier alpha value is -4.07. The minimum Gasteiger partial charge on any atom is -0.482 e. The SMILES string of the molecule is Cc1cn(-c2ccc(-c3cn(C4CCc5cc(Cl)ccc5N(CC(F)(F)F)C4=O)nn3)cc2OCC(F)(F)F)cn1. The van der Waals surface area contributed by atoms with Gasteiger partial charge in [-0.3, -0.25) is 4.79 Å². The predicted octanol–water partition coefficient (Wildman–Crippen LogP) is 6.12. The van der Waals surface area contributed by atoms with Gasteiger partial charge in [-0.15, -0.1) is 5.10 Å². The third kappa shape index (κ3) is 6.47. The highest BCUT2D eigenvalue weighted by atomic mass is 35.5. The number of hydrogen-bond acceptors (Lipinski definition) is 5. The summed E-state index contributed by atoms with van der Waals surface area (Å²) in [4.78, 5) is 18.2. The molecule has 0 radical (unpaired) electrons. The fourth-order valence-electron chi connectivity index (χ4n) is 4.60. The van der Waals surface area contributed by atoms with Crippen molar-refractivity contribution < 1.29 is 35.9 Å². The summed E-state index contributed by atoms with van der Waals surface area (Å²) in [6.07, 6.45) is -4.51. The van der Waals surface area contributed by atoms with E-state index in [0.717, 1.165) is 4.68 Å². The fourth-order valence-corrected chi connectivity index (χ4v) is 4.79. The highest BCUT2D eigenvalue weighted by Gasteiger charge is 2.39. The Morgan fingerprint density at radius 1 is 1.02 bits per heavy atom. The standard InChI is InChI=1S/C26H21ClF6N6O2/c1-15-10-37(14-34-15)21-5-2-16(9-23(21)41-13-26(31,32)33)19-11-39(36-35-19)22-6-3-17-8-18(27)4-7-20(17)38(24(22)40)12-25(28,29)30/h2,4-5,7-11,14,22H,3,6,12-13H2,1H3. The number of alkyl halides is 6. The van der Waals surface area contributed by atoms with Crippen molar-refractivity contribution in [3.05, 3.63) is 71.4 Å². The van der Waals surface area contributed by atoms with Gasteiger partial charge in [-0.05, 0) is 55.7 Å². The van der Waals surface area contributed by atoms with Crippen LogP contribution in [0.15, 0.2) is 55.1 Å². The van der Waals surface area contributed by atoms with Crippen LogP contribution >= 0.6 is 11.6 Å². The van der Waals surface area contributed by atoms with Crippen molar-refractivity contribution in [3.63, 3.8) is 0 Å². The maximum absolute atomic E-state index is 13.5. The molecule has 1 unspecified atom stereocenters. The average molecular weight is 599 g/mol. The first kappa shape index (κ1) is 28.5. The summed E-state index contributed by atoms with van der Waals surface area (Å²) in [5.74, 6) is -0.944. The van der Waals surface area contributed by atoms with E-state index in [1.54, 1.807) is 19.2 Å². The Morgan fingerprint density at radius 2 is 1.78 bits per heavy atom. The molecule has 4 aromatic rings. The smallest absolute Gasteiger partial charge is 0.422 e. The number of fused-ring (bicyclic) bond motifs is 1. The summed E-state index contributed by atoms with van der Waals surface area (Å²) in [6.45, 7) is -1.33. The summed E-state index contributed by atoms with van der Waals surface area (Å²) < 4.78 is 87.0.